The van der Waals surface area contributed by atoms with Gasteiger partial charge in [-0.25, -0.2) is 0 Å². The molecule has 1 heterocycles. The van der Waals surface area contributed by atoms with Crippen molar-refractivity contribution >= 4 is 6.08 Å². The predicted octanol–water partition coefficient (Wildman–Crippen LogP) is 3.18. The Balaban J connectivity index is 2.21. The van der Waals surface area contributed by atoms with E-state index in [2.05, 4.69) is 47.8 Å². The number of benzene rings is 1. The van der Waals surface area contributed by atoms with Gasteiger partial charge in [0.1, 0.15) is 0 Å². The highest BCUT2D eigenvalue weighted by Crippen LogP contribution is 2.08. The second-order valence-corrected chi connectivity index (χ2v) is 3.30. The molecule has 0 saturated carbocycles. The van der Waals surface area contributed by atoms with E-state index in [0.29, 0.717) is 0 Å². The average Bonchev–Trinajstić information content (AvgIpc) is 2.71. The minimum Gasteiger partial charge on any atom is -0.350 e. The van der Waals surface area contributed by atoms with Crippen molar-refractivity contribution in [3.8, 4) is 0 Å². The third kappa shape index (κ3) is 1.94. The summed E-state index contributed by atoms with van der Waals surface area (Å²) in [5.41, 5.74) is 2.48. The Morgan fingerprint density at radius 1 is 1.14 bits per heavy atom. The summed E-state index contributed by atoms with van der Waals surface area (Å²) in [4.78, 5) is 0. The highest BCUT2D eigenvalue weighted by atomic mass is 14.9. The third-order valence-corrected chi connectivity index (χ3v) is 2.22. The summed E-state index contributed by atoms with van der Waals surface area (Å²) in [6.45, 7) is 4.69. The van der Waals surface area contributed by atoms with Gasteiger partial charge in [-0.05, 0) is 29.3 Å². The van der Waals surface area contributed by atoms with Crippen LogP contribution in [-0.4, -0.2) is 4.57 Å². The first-order valence-corrected chi connectivity index (χ1v) is 4.70. The molecular formula is C13H13N. The van der Waals surface area contributed by atoms with Crippen molar-refractivity contribution < 1.29 is 0 Å². The molecule has 1 nitrogen and oxygen atoms in total. The first-order chi connectivity index (χ1) is 6.88. The van der Waals surface area contributed by atoms with Gasteiger partial charge in [-0.15, -0.1) is 0 Å². The molecule has 2 rings (SSSR count). The Hall–Kier alpha value is -1.76. The highest BCUT2D eigenvalue weighted by molar-refractivity contribution is 5.47. The molecule has 0 aliphatic heterocycles. The largest absolute Gasteiger partial charge is 0.350 e. The summed E-state index contributed by atoms with van der Waals surface area (Å²) >= 11 is 0. The van der Waals surface area contributed by atoms with E-state index >= 15 is 0 Å². The highest BCUT2D eigenvalue weighted by Gasteiger charge is 1.94. The Labute approximate surface area is 84.3 Å². The van der Waals surface area contributed by atoms with Gasteiger partial charge in [-0.1, -0.05) is 30.9 Å². The quantitative estimate of drug-likeness (QED) is 0.688. The fourth-order valence-electron chi connectivity index (χ4n) is 1.50. The van der Waals surface area contributed by atoms with Gasteiger partial charge < -0.3 is 4.57 Å². The van der Waals surface area contributed by atoms with Gasteiger partial charge in [-0.3, -0.25) is 0 Å². The summed E-state index contributed by atoms with van der Waals surface area (Å²) < 4.78 is 2.15. The summed E-state index contributed by atoms with van der Waals surface area (Å²) in [7, 11) is 0. The molecule has 0 fully saturated rings. The van der Waals surface area contributed by atoms with E-state index in [0.717, 1.165) is 6.54 Å². The number of nitrogens with zero attached hydrogens (tertiary/aromatic N) is 1. The normalized spacial score (nSPS) is 10.0. The molecule has 0 atom stereocenters. The van der Waals surface area contributed by atoms with Crippen LogP contribution in [0.3, 0.4) is 0 Å². The van der Waals surface area contributed by atoms with Crippen molar-refractivity contribution in [2.75, 3.05) is 0 Å². The molecular weight excluding hydrogens is 170 g/mol. The standard InChI is InChI=1S/C13H13N/c1-2-12-6-5-7-13(10-12)11-14-8-3-4-9-14/h2-10H,1,11H2. The predicted molar refractivity (Wildman–Crippen MR) is 60.1 cm³/mol. The fourth-order valence-corrected chi connectivity index (χ4v) is 1.50. The van der Waals surface area contributed by atoms with Gasteiger partial charge >= 0.3 is 0 Å². The lowest BCUT2D eigenvalue weighted by Crippen LogP contribution is -1.95. The minimum atomic E-state index is 0.925. The van der Waals surface area contributed by atoms with Crippen LogP contribution in [-0.2, 0) is 6.54 Å². The van der Waals surface area contributed by atoms with E-state index in [4.69, 9.17) is 0 Å². The van der Waals surface area contributed by atoms with E-state index in [1.807, 2.05) is 18.2 Å². The number of hydrogen-bond donors (Lipinski definition) is 0. The van der Waals surface area contributed by atoms with E-state index in [-0.39, 0.29) is 0 Å². The molecule has 0 spiro atoms. The minimum absolute atomic E-state index is 0.925. The van der Waals surface area contributed by atoms with Gasteiger partial charge in [0.25, 0.3) is 0 Å². The van der Waals surface area contributed by atoms with Crippen molar-refractivity contribution in [3.05, 3.63) is 66.5 Å². The summed E-state index contributed by atoms with van der Waals surface area (Å²) in [6, 6.07) is 12.5. The molecule has 1 aromatic heterocycles. The summed E-state index contributed by atoms with van der Waals surface area (Å²) in [5.74, 6) is 0. The monoisotopic (exact) mass is 183 g/mol. The Morgan fingerprint density at radius 2 is 1.93 bits per heavy atom. The molecule has 0 amide bonds. The van der Waals surface area contributed by atoms with E-state index < -0.39 is 0 Å². The zero-order valence-electron chi connectivity index (χ0n) is 8.06. The first-order valence-electron chi connectivity index (χ1n) is 4.70. The molecule has 0 unspecified atom stereocenters. The van der Waals surface area contributed by atoms with Crippen LogP contribution in [0, 0.1) is 0 Å². The molecule has 0 radical (unpaired) electrons. The van der Waals surface area contributed by atoms with Gasteiger partial charge in [0.15, 0.2) is 0 Å². The second-order valence-electron chi connectivity index (χ2n) is 3.30. The molecule has 14 heavy (non-hydrogen) atoms. The fraction of sp³-hybridized carbons (Fsp3) is 0.0769. The van der Waals surface area contributed by atoms with Crippen LogP contribution in [0.4, 0.5) is 0 Å². The summed E-state index contributed by atoms with van der Waals surface area (Å²) in [5, 5.41) is 0. The molecule has 1 aromatic carbocycles. The maximum absolute atomic E-state index is 3.76. The zero-order chi connectivity index (χ0) is 9.80. The molecule has 70 valence electrons. The van der Waals surface area contributed by atoms with Crippen molar-refractivity contribution in [2.24, 2.45) is 0 Å². The van der Waals surface area contributed by atoms with Crippen LogP contribution in [0.5, 0.6) is 0 Å². The van der Waals surface area contributed by atoms with Gasteiger partial charge in [0.2, 0.25) is 0 Å². The third-order valence-electron chi connectivity index (χ3n) is 2.22. The number of hydrogen-bond acceptors (Lipinski definition) is 0. The van der Waals surface area contributed by atoms with Crippen molar-refractivity contribution in [3.63, 3.8) is 0 Å². The maximum atomic E-state index is 3.76. The van der Waals surface area contributed by atoms with Crippen LogP contribution in [0.2, 0.25) is 0 Å². The van der Waals surface area contributed by atoms with Gasteiger partial charge in [0.05, 0.1) is 0 Å². The number of aromatic nitrogens is 1. The van der Waals surface area contributed by atoms with Gasteiger partial charge in [-0.2, -0.15) is 0 Å². The van der Waals surface area contributed by atoms with Crippen molar-refractivity contribution in [2.45, 2.75) is 6.54 Å². The van der Waals surface area contributed by atoms with Crippen LogP contribution < -0.4 is 0 Å². The van der Waals surface area contributed by atoms with Crippen molar-refractivity contribution in [1.29, 1.82) is 0 Å². The topological polar surface area (TPSA) is 4.93 Å². The zero-order valence-corrected chi connectivity index (χ0v) is 8.06. The van der Waals surface area contributed by atoms with Crippen LogP contribution >= 0.6 is 0 Å². The average molecular weight is 183 g/mol. The molecule has 0 aliphatic carbocycles. The lowest BCUT2D eigenvalue weighted by molar-refractivity contribution is 0.806. The van der Waals surface area contributed by atoms with Gasteiger partial charge in [0, 0.05) is 18.9 Å². The van der Waals surface area contributed by atoms with E-state index in [1.165, 1.54) is 11.1 Å². The smallest absolute Gasteiger partial charge is 0.0470 e. The van der Waals surface area contributed by atoms with Crippen molar-refractivity contribution in [1.82, 2.24) is 4.57 Å². The van der Waals surface area contributed by atoms with Crippen LogP contribution in [0.25, 0.3) is 6.08 Å². The Bertz CT molecular complexity index is 413. The molecule has 0 bridgehead atoms. The van der Waals surface area contributed by atoms with Crippen LogP contribution in [0.15, 0.2) is 55.4 Å². The number of rotatable bonds is 3. The first kappa shape index (κ1) is 8.82. The SMILES string of the molecule is C=Cc1cccc(Cn2cccc2)c1. The molecule has 2 aromatic rings. The molecule has 0 aliphatic rings. The second kappa shape index (κ2) is 3.97. The molecule has 1 heteroatoms. The Kier molecular flexibility index (Phi) is 2.50. The van der Waals surface area contributed by atoms with E-state index in [1.54, 1.807) is 0 Å². The summed E-state index contributed by atoms with van der Waals surface area (Å²) in [6.07, 6.45) is 6.01. The lowest BCUT2D eigenvalue weighted by Gasteiger charge is -2.03. The Morgan fingerprint density at radius 3 is 2.64 bits per heavy atom. The molecule has 0 N–H and O–H groups in total. The van der Waals surface area contributed by atoms with Crippen LogP contribution in [0.1, 0.15) is 11.1 Å². The van der Waals surface area contributed by atoms with E-state index in [9.17, 15) is 0 Å². The maximum Gasteiger partial charge on any atom is 0.0470 e. The lowest BCUT2D eigenvalue weighted by atomic mass is 10.1. The molecule has 0 saturated heterocycles.